The fourth-order valence-electron chi connectivity index (χ4n) is 2.55. The number of benzene rings is 1. The zero-order chi connectivity index (χ0) is 15.8. The summed E-state index contributed by atoms with van der Waals surface area (Å²) in [6.07, 6.45) is -4.82. The third-order valence-corrected chi connectivity index (χ3v) is 3.36. The summed E-state index contributed by atoms with van der Waals surface area (Å²) in [4.78, 5) is 13.8. The molecule has 1 heterocycles. The van der Waals surface area contributed by atoms with Gasteiger partial charge in [0, 0.05) is 30.7 Å². The predicted octanol–water partition coefficient (Wildman–Crippen LogP) is 2.67. The summed E-state index contributed by atoms with van der Waals surface area (Å²) in [5, 5.41) is 3.23. The van der Waals surface area contributed by atoms with Gasteiger partial charge in [0.25, 0.3) is 5.91 Å². The van der Waals surface area contributed by atoms with Crippen molar-refractivity contribution in [2.75, 3.05) is 13.1 Å². The number of nitrogens with zero attached hydrogens (tertiary/aromatic N) is 1. The molecule has 0 aliphatic carbocycles. The zero-order valence-corrected chi connectivity index (χ0v) is 11.7. The number of nitrogens with one attached hydrogen (secondary N) is 1. The van der Waals surface area contributed by atoms with Crippen LogP contribution >= 0.6 is 0 Å². The molecule has 1 N–H and O–H groups in total. The predicted molar refractivity (Wildman–Crippen MR) is 69.4 cm³/mol. The van der Waals surface area contributed by atoms with Gasteiger partial charge < -0.3 is 10.2 Å². The molecule has 0 bridgehead atoms. The molecule has 0 spiro atoms. The largest absolute Gasteiger partial charge is 0.419 e. The van der Waals surface area contributed by atoms with Crippen molar-refractivity contribution in [3.8, 4) is 0 Å². The molecule has 0 saturated carbocycles. The lowest BCUT2D eigenvalue weighted by Crippen LogP contribution is -2.55. The summed E-state index contributed by atoms with van der Waals surface area (Å²) in [5.74, 6) is -1.89. The number of carbonyl (C=O) groups excluding carboxylic acids is 1. The molecule has 7 heteroatoms. The Bertz CT molecular complexity index is 534. The van der Waals surface area contributed by atoms with Crippen molar-refractivity contribution in [1.29, 1.82) is 0 Å². The van der Waals surface area contributed by atoms with E-state index in [0.29, 0.717) is 25.2 Å². The topological polar surface area (TPSA) is 32.3 Å². The molecule has 1 saturated heterocycles. The second-order valence-corrected chi connectivity index (χ2v) is 5.37. The number of hydrogen-bond acceptors (Lipinski definition) is 2. The molecule has 1 amide bonds. The molecule has 1 aliphatic heterocycles. The maximum absolute atomic E-state index is 13.2. The van der Waals surface area contributed by atoms with Crippen LogP contribution in [0.5, 0.6) is 0 Å². The van der Waals surface area contributed by atoms with Gasteiger partial charge in [0.05, 0.1) is 5.56 Å². The number of piperazine rings is 1. The number of rotatable bonds is 1. The molecule has 2 rings (SSSR count). The lowest BCUT2D eigenvalue weighted by atomic mass is 10.1. The van der Waals surface area contributed by atoms with E-state index in [9.17, 15) is 22.4 Å². The third kappa shape index (κ3) is 3.53. The fourth-order valence-corrected chi connectivity index (χ4v) is 2.55. The zero-order valence-electron chi connectivity index (χ0n) is 11.7. The van der Waals surface area contributed by atoms with E-state index in [1.807, 2.05) is 13.8 Å². The van der Waals surface area contributed by atoms with E-state index in [4.69, 9.17) is 0 Å². The normalized spacial score (nSPS) is 23.2. The monoisotopic (exact) mass is 304 g/mol. The first-order valence-electron chi connectivity index (χ1n) is 6.60. The number of hydrogen-bond donors (Lipinski definition) is 1. The minimum Gasteiger partial charge on any atom is -0.336 e. The Hall–Kier alpha value is -1.63. The number of amides is 1. The average molecular weight is 304 g/mol. The average Bonchev–Trinajstić information content (AvgIpc) is 2.36. The molecule has 1 aliphatic rings. The van der Waals surface area contributed by atoms with Crippen LogP contribution in [-0.2, 0) is 6.18 Å². The van der Waals surface area contributed by atoms with Crippen LogP contribution in [0.3, 0.4) is 0 Å². The summed E-state index contributed by atoms with van der Waals surface area (Å²) in [6, 6.07) is 2.46. The highest BCUT2D eigenvalue weighted by molar-refractivity contribution is 5.94. The summed E-state index contributed by atoms with van der Waals surface area (Å²) in [7, 11) is 0. The van der Waals surface area contributed by atoms with Gasteiger partial charge in [-0.15, -0.1) is 0 Å². The fraction of sp³-hybridized carbons (Fsp3) is 0.500. The van der Waals surface area contributed by atoms with Crippen LogP contribution in [0.15, 0.2) is 18.2 Å². The van der Waals surface area contributed by atoms with Crippen molar-refractivity contribution in [3.05, 3.63) is 35.1 Å². The molecule has 0 radical (unpaired) electrons. The van der Waals surface area contributed by atoms with Crippen LogP contribution in [0.2, 0.25) is 0 Å². The number of halogens is 4. The Morgan fingerprint density at radius 1 is 1.24 bits per heavy atom. The Balaban J connectivity index is 2.27. The van der Waals surface area contributed by atoms with Gasteiger partial charge in [0.15, 0.2) is 0 Å². The maximum Gasteiger partial charge on any atom is 0.419 e. The van der Waals surface area contributed by atoms with E-state index in [2.05, 4.69) is 5.32 Å². The van der Waals surface area contributed by atoms with Gasteiger partial charge in [-0.3, -0.25) is 4.79 Å². The molecular formula is C14H16F4N2O. The van der Waals surface area contributed by atoms with E-state index in [0.717, 1.165) is 6.07 Å². The van der Waals surface area contributed by atoms with Crippen molar-refractivity contribution >= 4 is 5.91 Å². The van der Waals surface area contributed by atoms with E-state index >= 15 is 0 Å². The lowest BCUT2D eigenvalue weighted by Gasteiger charge is -2.36. The SMILES string of the molecule is CC1CN(C(=O)c2ccc(F)c(C(F)(F)F)c2)CC(C)N1. The summed E-state index contributed by atoms with van der Waals surface area (Å²) in [5.41, 5.74) is -1.56. The highest BCUT2D eigenvalue weighted by Gasteiger charge is 2.35. The minimum atomic E-state index is -4.82. The molecule has 1 fully saturated rings. The summed E-state index contributed by atoms with van der Waals surface area (Å²) >= 11 is 0. The molecule has 21 heavy (non-hydrogen) atoms. The Morgan fingerprint density at radius 3 is 2.33 bits per heavy atom. The van der Waals surface area contributed by atoms with Crippen LogP contribution in [-0.4, -0.2) is 36.0 Å². The van der Waals surface area contributed by atoms with Gasteiger partial charge in [-0.2, -0.15) is 13.2 Å². The van der Waals surface area contributed by atoms with E-state index in [-0.39, 0.29) is 17.6 Å². The van der Waals surface area contributed by atoms with Crippen LogP contribution in [0.25, 0.3) is 0 Å². The summed E-state index contributed by atoms with van der Waals surface area (Å²) in [6.45, 7) is 4.59. The van der Waals surface area contributed by atoms with Crippen molar-refractivity contribution in [3.63, 3.8) is 0 Å². The first-order chi connectivity index (χ1) is 9.68. The van der Waals surface area contributed by atoms with Gasteiger partial charge in [0.1, 0.15) is 5.82 Å². The van der Waals surface area contributed by atoms with Gasteiger partial charge in [-0.1, -0.05) is 0 Å². The Labute approximate surface area is 119 Å². The first kappa shape index (κ1) is 15.8. The molecule has 2 atom stereocenters. The quantitative estimate of drug-likeness (QED) is 0.809. The Morgan fingerprint density at radius 2 is 1.81 bits per heavy atom. The number of alkyl halides is 3. The van der Waals surface area contributed by atoms with Crippen LogP contribution in [0.1, 0.15) is 29.8 Å². The van der Waals surface area contributed by atoms with Crippen molar-refractivity contribution < 1.29 is 22.4 Å². The van der Waals surface area contributed by atoms with Crippen LogP contribution in [0, 0.1) is 5.82 Å². The lowest BCUT2D eigenvalue weighted by molar-refractivity contribution is -0.140. The van der Waals surface area contributed by atoms with E-state index < -0.39 is 23.5 Å². The van der Waals surface area contributed by atoms with Crippen molar-refractivity contribution in [1.82, 2.24) is 10.2 Å². The molecule has 116 valence electrons. The van der Waals surface area contributed by atoms with Crippen LogP contribution < -0.4 is 5.32 Å². The molecule has 1 aromatic rings. The smallest absolute Gasteiger partial charge is 0.336 e. The molecule has 0 aromatic heterocycles. The van der Waals surface area contributed by atoms with Gasteiger partial charge in [0.2, 0.25) is 0 Å². The first-order valence-corrected chi connectivity index (χ1v) is 6.60. The highest BCUT2D eigenvalue weighted by atomic mass is 19.4. The van der Waals surface area contributed by atoms with Gasteiger partial charge in [-0.05, 0) is 32.0 Å². The second kappa shape index (κ2) is 5.63. The van der Waals surface area contributed by atoms with Gasteiger partial charge >= 0.3 is 6.18 Å². The van der Waals surface area contributed by atoms with Crippen molar-refractivity contribution in [2.45, 2.75) is 32.1 Å². The standard InChI is InChI=1S/C14H16F4N2O/c1-8-6-20(7-9(2)19-8)13(21)10-3-4-12(15)11(5-10)14(16,17)18/h3-5,8-9,19H,6-7H2,1-2H3. The third-order valence-electron chi connectivity index (χ3n) is 3.36. The van der Waals surface area contributed by atoms with E-state index in [1.54, 1.807) is 0 Å². The summed E-state index contributed by atoms with van der Waals surface area (Å²) < 4.78 is 51.3. The second-order valence-electron chi connectivity index (χ2n) is 5.37. The van der Waals surface area contributed by atoms with Gasteiger partial charge in [-0.25, -0.2) is 4.39 Å². The molecule has 2 unspecified atom stereocenters. The molecule has 3 nitrogen and oxygen atoms in total. The molecular weight excluding hydrogens is 288 g/mol. The maximum atomic E-state index is 13.2. The Kier molecular flexibility index (Phi) is 4.22. The van der Waals surface area contributed by atoms with E-state index in [1.165, 1.54) is 4.90 Å². The number of carbonyl (C=O) groups is 1. The molecule has 1 aromatic carbocycles. The van der Waals surface area contributed by atoms with Crippen LogP contribution in [0.4, 0.5) is 17.6 Å². The highest BCUT2D eigenvalue weighted by Crippen LogP contribution is 2.32. The minimum absolute atomic E-state index is 0.0558. The van der Waals surface area contributed by atoms with Crippen molar-refractivity contribution in [2.24, 2.45) is 0 Å².